The molecule has 5 heteroatoms. The largest absolute Gasteiger partial charge is 0.397 e. The summed E-state index contributed by atoms with van der Waals surface area (Å²) in [5.41, 5.74) is 8.12. The third-order valence-corrected chi connectivity index (χ3v) is 4.14. The smallest absolute Gasteiger partial charge is 0.251 e. The van der Waals surface area contributed by atoms with E-state index in [1.165, 1.54) is 32.4 Å². The van der Waals surface area contributed by atoms with Gasteiger partial charge in [-0.25, -0.2) is 0 Å². The van der Waals surface area contributed by atoms with Crippen LogP contribution in [0, 0.1) is 0 Å². The van der Waals surface area contributed by atoms with Crippen LogP contribution >= 0.6 is 0 Å². The number of nitrogen functional groups attached to an aromatic ring is 1. The molecule has 1 aromatic rings. The fraction of sp³-hybridized carbons (Fsp3) is 0.562. The number of likely N-dealkylation sites (tertiary alicyclic amines) is 1. The van der Waals surface area contributed by atoms with Crippen LogP contribution in [0.4, 0.5) is 11.4 Å². The molecule has 0 aromatic heterocycles. The zero-order chi connectivity index (χ0) is 15.2. The van der Waals surface area contributed by atoms with Gasteiger partial charge in [0.25, 0.3) is 5.91 Å². The minimum Gasteiger partial charge on any atom is -0.397 e. The van der Waals surface area contributed by atoms with Crippen LogP contribution in [0.15, 0.2) is 18.2 Å². The number of rotatable bonds is 5. The fourth-order valence-electron chi connectivity index (χ4n) is 2.74. The maximum Gasteiger partial charge on any atom is 0.251 e. The molecule has 1 amide bonds. The summed E-state index contributed by atoms with van der Waals surface area (Å²) in [7, 11) is 1.63. The molecule has 1 fully saturated rings. The highest BCUT2D eigenvalue weighted by Crippen LogP contribution is 2.21. The minimum atomic E-state index is -0.0953. The van der Waals surface area contributed by atoms with Crippen molar-refractivity contribution in [3.63, 3.8) is 0 Å². The molecule has 0 aliphatic carbocycles. The molecule has 116 valence electrons. The summed E-state index contributed by atoms with van der Waals surface area (Å²) in [5.74, 6) is -0.0953. The van der Waals surface area contributed by atoms with Crippen molar-refractivity contribution in [1.29, 1.82) is 0 Å². The first-order valence-corrected chi connectivity index (χ1v) is 7.71. The fourth-order valence-corrected chi connectivity index (χ4v) is 2.74. The second-order valence-corrected chi connectivity index (χ2v) is 5.71. The van der Waals surface area contributed by atoms with Gasteiger partial charge >= 0.3 is 0 Å². The summed E-state index contributed by atoms with van der Waals surface area (Å²) in [4.78, 5) is 14.2. The zero-order valence-electron chi connectivity index (χ0n) is 13.0. The molecule has 0 spiro atoms. The lowest BCUT2D eigenvalue weighted by Gasteiger charge is -2.32. The number of piperidine rings is 1. The normalized spacial score (nSPS) is 17.2. The lowest BCUT2D eigenvalue weighted by molar-refractivity contribution is 0.0963. The van der Waals surface area contributed by atoms with Gasteiger partial charge in [-0.05, 0) is 51.1 Å². The zero-order valence-corrected chi connectivity index (χ0v) is 13.0. The highest BCUT2D eigenvalue weighted by molar-refractivity contribution is 5.96. The Hall–Kier alpha value is -1.75. The maximum absolute atomic E-state index is 11.7. The number of carbonyl (C=O) groups excluding carboxylic acids is 1. The minimum absolute atomic E-state index is 0.0953. The van der Waals surface area contributed by atoms with Gasteiger partial charge in [-0.15, -0.1) is 0 Å². The van der Waals surface area contributed by atoms with Crippen LogP contribution in [0.3, 0.4) is 0 Å². The molecule has 1 saturated heterocycles. The van der Waals surface area contributed by atoms with Gasteiger partial charge in [-0.2, -0.15) is 0 Å². The van der Waals surface area contributed by atoms with Crippen molar-refractivity contribution in [3.8, 4) is 0 Å². The summed E-state index contributed by atoms with van der Waals surface area (Å²) in [5, 5.41) is 6.01. The van der Waals surface area contributed by atoms with E-state index in [-0.39, 0.29) is 5.91 Å². The van der Waals surface area contributed by atoms with Crippen LogP contribution in [0.1, 0.15) is 36.5 Å². The van der Waals surface area contributed by atoms with Crippen molar-refractivity contribution in [2.75, 3.05) is 37.7 Å². The number of nitrogens with zero attached hydrogens (tertiary/aromatic N) is 1. The van der Waals surface area contributed by atoms with Crippen LogP contribution < -0.4 is 16.4 Å². The maximum atomic E-state index is 11.7. The van der Waals surface area contributed by atoms with Crippen LogP contribution in [0.25, 0.3) is 0 Å². The average molecular weight is 290 g/mol. The van der Waals surface area contributed by atoms with Gasteiger partial charge in [-0.1, -0.05) is 6.42 Å². The van der Waals surface area contributed by atoms with Crippen LogP contribution in [-0.4, -0.2) is 43.5 Å². The third kappa shape index (κ3) is 4.11. The number of hydrogen-bond donors (Lipinski definition) is 3. The van der Waals surface area contributed by atoms with Crippen molar-refractivity contribution >= 4 is 17.3 Å². The Kier molecular flexibility index (Phi) is 5.44. The van der Waals surface area contributed by atoms with Crippen molar-refractivity contribution in [2.24, 2.45) is 0 Å². The molecule has 21 heavy (non-hydrogen) atoms. The molecule has 1 heterocycles. The first-order valence-electron chi connectivity index (χ1n) is 7.71. The Labute approximate surface area is 126 Å². The quantitative estimate of drug-likeness (QED) is 0.725. The Morgan fingerprint density at radius 2 is 2.05 bits per heavy atom. The van der Waals surface area contributed by atoms with E-state index in [4.69, 9.17) is 5.73 Å². The van der Waals surface area contributed by atoms with E-state index in [9.17, 15) is 4.79 Å². The molecule has 1 atom stereocenters. The molecular formula is C16H26N4O. The number of hydrogen-bond acceptors (Lipinski definition) is 4. The summed E-state index contributed by atoms with van der Waals surface area (Å²) < 4.78 is 0. The monoisotopic (exact) mass is 290 g/mol. The Bertz CT molecular complexity index is 483. The number of benzene rings is 1. The van der Waals surface area contributed by atoms with Gasteiger partial charge < -0.3 is 16.4 Å². The molecule has 0 bridgehead atoms. The number of amides is 1. The molecule has 1 aliphatic heterocycles. The molecule has 1 unspecified atom stereocenters. The summed E-state index contributed by atoms with van der Waals surface area (Å²) in [6, 6.07) is 5.80. The van der Waals surface area contributed by atoms with Crippen LogP contribution in [-0.2, 0) is 0 Å². The second-order valence-electron chi connectivity index (χ2n) is 5.71. The number of carbonyl (C=O) groups is 1. The van der Waals surface area contributed by atoms with Gasteiger partial charge in [0.15, 0.2) is 0 Å². The third-order valence-electron chi connectivity index (χ3n) is 4.14. The summed E-state index contributed by atoms with van der Waals surface area (Å²) in [6.45, 7) is 5.42. The standard InChI is InChI=1S/C16H26N4O/c1-12(20-8-4-3-5-9-20)11-19-15-10-13(16(21)18-2)6-7-14(15)17/h6-7,10,12,19H,3-5,8-9,11,17H2,1-2H3,(H,18,21). The first kappa shape index (κ1) is 15.6. The predicted octanol–water partition coefficient (Wildman–Crippen LogP) is 1.91. The van der Waals surface area contributed by atoms with Gasteiger partial charge in [0.1, 0.15) is 0 Å². The lowest BCUT2D eigenvalue weighted by Crippen LogP contribution is -2.41. The van der Waals surface area contributed by atoms with Crippen molar-refractivity contribution < 1.29 is 4.79 Å². The van der Waals surface area contributed by atoms with Gasteiger partial charge in [0.2, 0.25) is 0 Å². The Morgan fingerprint density at radius 1 is 1.33 bits per heavy atom. The van der Waals surface area contributed by atoms with Crippen LogP contribution in [0.2, 0.25) is 0 Å². The van der Waals surface area contributed by atoms with Crippen molar-refractivity contribution in [2.45, 2.75) is 32.2 Å². The Balaban J connectivity index is 1.96. The predicted molar refractivity (Wildman–Crippen MR) is 87.6 cm³/mol. The van der Waals surface area contributed by atoms with E-state index in [2.05, 4.69) is 22.5 Å². The average Bonchev–Trinajstić information content (AvgIpc) is 2.53. The second kappa shape index (κ2) is 7.31. The highest BCUT2D eigenvalue weighted by Gasteiger charge is 2.16. The number of anilines is 2. The lowest BCUT2D eigenvalue weighted by atomic mass is 10.1. The van der Waals surface area contributed by atoms with Crippen LogP contribution in [0.5, 0.6) is 0 Å². The Morgan fingerprint density at radius 3 is 2.71 bits per heavy atom. The molecular weight excluding hydrogens is 264 g/mol. The molecule has 5 nitrogen and oxygen atoms in total. The van der Waals surface area contributed by atoms with E-state index < -0.39 is 0 Å². The number of nitrogens with two attached hydrogens (primary N) is 1. The van der Waals surface area contributed by atoms with Crippen molar-refractivity contribution in [1.82, 2.24) is 10.2 Å². The van der Waals surface area contributed by atoms with Gasteiger partial charge in [0, 0.05) is 25.2 Å². The summed E-state index contributed by atoms with van der Waals surface area (Å²) in [6.07, 6.45) is 3.93. The molecule has 2 rings (SSSR count). The van der Waals surface area contributed by atoms with E-state index in [1.807, 2.05) is 6.07 Å². The molecule has 1 aromatic carbocycles. The topological polar surface area (TPSA) is 70.4 Å². The number of nitrogens with one attached hydrogen (secondary N) is 2. The van der Waals surface area contributed by atoms with Gasteiger partial charge in [0.05, 0.1) is 11.4 Å². The van der Waals surface area contributed by atoms with E-state index in [1.54, 1.807) is 19.2 Å². The highest BCUT2D eigenvalue weighted by atomic mass is 16.1. The first-order chi connectivity index (χ1) is 10.1. The van der Waals surface area contributed by atoms with Gasteiger partial charge in [-0.3, -0.25) is 9.69 Å². The summed E-state index contributed by atoms with van der Waals surface area (Å²) >= 11 is 0. The van der Waals surface area contributed by atoms with E-state index >= 15 is 0 Å². The van der Waals surface area contributed by atoms with E-state index in [0.717, 1.165) is 12.2 Å². The molecule has 0 saturated carbocycles. The molecule has 0 radical (unpaired) electrons. The molecule has 1 aliphatic rings. The van der Waals surface area contributed by atoms with E-state index in [0.29, 0.717) is 17.3 Å². The molecule has 4 N–H and O–H groups in total. The van der Waals surface area contributed by atoms with Crippen molar-refractivity contribution in [3.05, 3.63) is 23.8 Å². The SMILES string of the molecule is CNC(=O)c1ccc(N)c(NCC(C)N2CCCCC2)c1.